The summed E-state index contributed by atoms with van der Waals surface area (Å²) in [4.78, 5) is 16.0. The van der Waals surface area contributed by atoms with Crippen LogP contribution in [0.5, 0.6) is 5.75 Å². The molecule has 0 bridgehead atoms. The highest BCUT2D eigenvalue weighted by Gasteiger charge is 2.09. The molecule has 0 unspecified atom stereocenters. The molecule has 2 aromatic rings. The molecule has 1 aromatic heterocycles. The minimum atomic E-state index is -0.124. The van der Waals surface area contributed by atoms with Crippen molar-refractivity contribution in [3.05, 3.63) is 45.4 Å². The van der Waals surface area contributed by atoms with Crippen molar-refractivity contribution in [3.63, 3.8) is 0 Å². The van der Waals surface area contributed by atoms with Crippen LogP contribution in [0.4, 0.5) is 0 Å². The van der Waals surface area contributed by atoms with Crippen LogP contribution in [0.3, 0.4) is 0 Å². The number of benzene rings is 1. The van der Waals surface area contributed by atoms with E-state index in [0.717, 1.165) is 22.7 Å². The van der Waals surface area contributed by atoms with Gasteiger partial charge in [-0.3, -0.25) is 4.79 Å². The van der Waals surface area contributed by atoms with E-state index < -0.39 is 0 Å². The number of amides is 1. The van der Waals surface area contributed by atoms with Crippen molar-refractivity contribution in [2.45, 2.75) is 20.3 Å². The van der Waals surface area contributed by atoms with Crippen LogP contribution in [0.25, 0.3) is 0 Å². The molecule has 0 atom stereocenters. The molecule has 106 valence electrons. The van der Waals surface area contributed by atoms with E-state index in [1.54, 1.807) is 12.5 Å². The van der Waals surface area contributed by atoms with E-state index in [1.807, 2.05) is 26.0 Å². The maximum Gasteiger partial charge on any atom is 0.270 e. The number of carbonyl (C=O) groups is 1. The zero-order chi connectivity index (χ0) is 14.5. The van der Waals surface area contributed by atoms with Crippen LogP contribution in [-0.4, -0.2) is 24.5 Å². The van der Waals surface area contributed by atoms with Gasteiger partial charge in [0.15, 0.2) is 0 Å². The van der Waals surface area contributed by atoms with Crippen LogP contribution >= 0.6 is 11.3 Å². The lowest BCUT2D eigenvalue weighted by molar-refractivity contribution is 0.0949. The van der Waals surface area contributed by atoms with E-state index in [2.05, 4.69) is 16.4 Å². The number of carbonyl (C=O) groups excluding carboxylic acids is 1. The molecule has 0 aliphatic heterocycles. The quantitative estimate of drug-likeness (QED) is 0.921. The van der Waals surface area contributed by atoms with Gasteiger partial charge in [-0.2, -0.15) is 0 Å². The smallest absolute Gasteiger partial charge is 0.270 e. The molecular formula is C15H18N2O2S. The molecule has 0 saturated carbocycles. The zero-order valence-corrected chi connectivity index (χ0v) is 12.7. The topological polar surface area (TPSA) is 51.2 Å². The van der Waals surface area contributed by atoms with E-state index in [9.17, 15) is 4.79 Å². The summed E-state index contributed by atoms with van der Waals surface area (Å²) in [6, 6.07) is 6.05. The number of hydrogen-bond acceptors (Lipinski definition) is 4. The molecule has 0 aliphatic rings. The Kier molecular flexibility index (Phi) is 4.74. The summed E-state index contributed by atoms with van der Waals surface area (Å²) in [5, 5.41) is 5.56. The number of ether oxygens (including phenoxy) is 1. The van der Waals surface area contributed by atoms with Crippen molar-refractivity contribution in [2.24, 2.45) is 0 Å². The van der Waals surface area contributed by atoms with Gasteiger partial charge in [-0.1, -0.05) is 17.7 Å². The summed E-state index contributed by atoms with van der Waals surface area (Å²) in [5.74, 6) is 0.732. The maximum absolute atomic E-state index is 11.9. The van der Waals surface area contributed by atoms with Crippen molar-refractivity contribution >= 4 is 17.2 Å². The van der Waals surface area contributed by atoms with Crippen molar-refractivity contribution in [1.82, 2.24) is 10.3 Å². The van der Waals surface area contributed by atoms with Crippen LogP contribution in [-0.2, 0) is 6.42 Å². The van der Waals surface area contributed by atoms with E-state index in [4.69, 9.17) is 4.74 Å². The Balaban J connectivity index is 1.93. The first-order chi connectivity index (χ1) is 9.60. The molecule has 0 saturated heterocycles. The van der Waals surface area contributed by atoms with Crippen LogP contribution in [0.15, 0.2) is 23.6 Å². The van der Waals surface area contributed by atoms with Gasteiger partial charge in [0.1, 0.15) is 11.4 Å². The summed E-state index contributed by atoms with van der Waals surface area (Å²) >= 11 is 1.48. The Morgan fingerprint density at radius 3 is 2.85 bits per heavy atom. The summed E-state index contributed by atoms with van der Waals surface area (Å²) in [6.07, 6.45) is 0.736. The van der Waals surface area contributed by atoms with Gasteiger partial charge in [0, 0.05) is 11.9 Å². The Hall–Kier alpha value is -1.88. The Labute approximate surface area is 122 Å². The number of nitrogens with one attached hydrogen (secondary N) is 1. The van der Waals surface area contributed by atoms with Gasteiger partial charge in [0.25, 0.3) is 5.91 Å². The molecule has 0 spiro atoms. The molecule has 1 aromatic carbocycles. The Morgan fingerprint density at radius 1 is 1.40 bits per heavy atom. The lowest BCUT2D eigenvalue weighted by atomic mass is 10.1. The van der Waals surface area contributed by atoms with Crippen molar-refractivity contribution in [3.8, 4) is 5.75 Å². The first-order valence-electron chi connectivity index (χ1n) is 6.44. The van der Waals surface area contributed by atoms with E-state index in [-0.39, 0.29) is 5.91 Å². The number of aromatic nitrogens is 1. The first kappa shape index (κ1) is 14.5. The normalized spacial score (nSPS) is 10.3. The minimum absolute atomic E-state index is 0.124. The van der Waals surface area contributed by atoms with Crippen LogP contribution in [0, 0.1) is 13.8 Å². The number of methoxy groups -OCH3 is 1. The van der Waals surface area contributed by atoms with Crippen molar-refractivity contribution < 1.29 is 9.53 Å². The SMILES string of the molecule is COc1ccc(C)cc1CCNC(=O)c1csc(C)n1. The van der Waals surface area contributed by atoms with Gasteiger partial charge in [0.05, 0.1) is 12.1 Å². The van der Waals surface area contributed by atoms with Gasteiger partial charge in [-0.15, -0.1) is 11.3 Å². The lowest BCUT2D eigenvalue weighted by Crippen LogP contribution is -2.26. The molecule has 0 fully saturated rings. The summed E-state index contributed by atoms with van der Waals surface area (Å²) in [6.45, 7) is 4.49. The molecule has 0 radical (unpaired) electrons. The van der Waals surface area contributed by atoms with Gasteiger partial charge in [0.2, 0.25) is 0 Å². The van der Waals surface area contributed by atoms with Gasteiger partial charge >= 0.3 is 0 Å². The maximum atomic E-state index is 11.9. The number of aryl methyl sites for hydroxylation is 2. The first-order valence-corrected chi connectivity index (χ1v) is 7.32. The molecule has 1 heterocycles. The second-order valence-electron chi connectivity index (χ2n) is 4.57. The number of nitrogens with zero attached hydrogens (tertiary/aromatic N) is 1. The zero-order valence-electron chi connectivity index (χ0n) is 11.9. The highest BCUT2D eigenvalue weighted by Crippen LogP contribution is 2.19. The van der Waals surface area contributed by atoms with Crippen molar-refractivity contribution in [1.29, 1.82) is 0 Å². The average molecular weight is 290 g/mol. The Bertz CT molecular complexity index is 608. The fourth-order valence-electron chi connectivity index (χ4n) is 1.97. The highest BCUT2D eigenvalue weighted by molar-refractivity contribution is 7.09. The fraction of sp³-hybridized carbons (Fsp3) is 0.333. The van der Waals surface area contributed by atoms with Gasteiger partial charge in [-0.25, -0.2) is 4.98 Å². The van der Waals surface area contributed by atoms with Gasteiger partial charge < -0.3 is 10.1 Å². The molecule has 5 heteroatoms. The fourth-order valence-corrected chi connectivity index (χ4v) is 2.56. The molecule has 20 heavy (non-hydrogen) atoms. The molecule has 0 aliphatic carbocycles. The minimum Gasteiger partial charge on any atom is -0.496 e. The summed E-state index contributed by atoms with van der Waals surface area (Å²) in [7, 11) is 1.66. The van der Waals surface area contributed by atoms with Crippen LogP contribution in [0.1, 0.15) is 26.6 Å². The molecule has 4 nitrogen and oxygen atoms in total. The third-order valence-corrected chi connectivity index (χ3v) is 3.74. The van der Waals surface area contributed by atoms with E-state index in [0.29, 0.717) is 12.2 Å². The average Bonchev–Trinajstić information content (AvgIpc) is 2.86. The third-order valence-electron chi connectivity index (χ3n) is 2.97. The number of thiazole rings is 1. The predicted molar refractivity (Wildman–Crippen MR) is 80.6 cm³/mol. The van der Waals surface area contributed by atoms with E-state index in [1.165, 1.54) is 16.9 Å². The Morgan fingerprint density at radius 2 is 2.20 bits per heavy atom. The summed E-state index contributed by atoms with van der Waals surface area (Å²) < 4.78 is 5.32. The predicted octanol–water partition coefficient (Wildman–Crippen LogP) is 2.74. The van der Waals surface area contributed by atoms with Crippen LogP contribution < -0.4 is 10.1 Å². The van der Waals surface area contributed by atoms with E-state index >= 15 is 0 Å². The lowest BCUT2D eigenvalue weighted by Gasteiger charge is -2.10. The largest absolute Gasteiger partial charge is 0.496 e. The second kappa shape index (κ2) is 6.52. The molecule has 2 rings (SSSR count). The number of hydrogen-bond donors (Lipinski definition) is 1. The second-order valence-corrected chi connectivity index (χ2v) is 5.64. The van der Waals surface area contributed by atoms with Crippen LogP contribution in [0.2, 0.25) is 0 Å². The highest BCUT2D eigenvalue weighted by atomic mass is 32.1. The standard InChI is InChI=1S/C15H18N2O2S/c1-10-4-5-14(19-3)12(8-10)6-7-16-15(18)13-9-20-11(2)17-13/h4-5,8-9H,6-7H2,1-3H3,(H,16,18). The molecule has 1 N–H and O–H groups in total. The molecule has 1 amide bonds. The third kappa shape index (κ3) is 3.57. The molecular weight excluding hydrogens is 272 g/mol. The van der Waals surface area contributed by atoms with Crippen molar-refractivity contribution in [2.75, 3.05) is 13.7 Å². The summed E-state index contributed by atoms with van der Waals surface area (Å²) in [5.41, 5.74) is 2.77. The monoisotopic (exact) mass is 290 g/mol. The van der Waals surface area contributed by atoms with Gasteiger partial charge in [-0.05, 0) is 31.9 Å². The number of rotatable bonds is 5.